The Morgan fingerprint density at radius 3 is 2.42 bits per heavy atom. The number of methoxy groups -OCH3 is 3. The molecule has 0 saturated heterocycles. The lowest BCUT2D eigenvalue weighted by Gasteiger charge is -2.26. The third-order valence-electron chi connectivity index (χ3n) is 2.89. The van der Waals surface area contributed by atoms with E-state index < -0.39 is 0 Å². The third-order valence-corrected chi connectivity index (χ3v) is 3.20. The van der Waals surface area contributed by atoms with E-state index in [0.717, 1.165) is 18.5 Å². The average molecular weight is 288 g/mol. The Morgan fingerprint density at radius 1 is 1.21 bits per heavy atom. The molecule has 0 heterocycles. The Labute approximate surface area is 120 Å². The van der Waals surface area contributed by atoms with Crippen molar-refractivity contribution in [3.63, 3.8) is 0 Å². The van der Waals surface area contributed by atoms with Crippen LogP contribution < -0.4 is 10.1 Å². The van der Waals surface area contributed by atoms with Gasteiger partial charge in [-0.1, -0.05) is 24.6 Å². The minimum absolute atomic E-state index is 0.0684. The lowest BCUT2D eigenvalue weighted by Crippen LogP contribution is -2.35. The second-order valence-corrected chi connectivity index (χ2v) is 4.57. The minimum atomic E-state index is -0.363. The van der Waals surface area contributed by atoms with Crippen LogP contribution in [0.5, 0.6) is 5.75 Å². The maximum atomic E-state index is 6.04. The van der Waals surface area contributed by atoms with Crippen molar-refractivity contribution in [1.82, 2.24) is 5.32 Å². The number of ether oxygens (including phenoxy) is 3. The molecule has 0 amide bonds. The van der Waals surface area contributed by atoms with E-state index in [1.807, 2.05) is 18.2 Å². The molecule has 0 saturated carbocycles. The lowest BCUT2D eigenvalue weighted by molar-refractivity contribution is -0.124. The molecule has 19 heavy (non-hydrogen) atoms. The molecule has 0 spiro atoms. The summed E-state index contributed by atoms with van der Waals surface area (Å²) in [5.74, 6) is 0.647. The molecule has 1 rings (SSSR count). The zero-order valence-electron chi connectivity index (χ0n) is 11.9. The van der Waals surface area contributed by atoms with Crippen molar-refractivity contribution in [3.05, 3.63) is 28.8 Å². The molecule has 1 N–H and O–H groups in total. The Morgan fingerprint density at radius 2 is 1.89 bits per heavy atom. The lowest BCUT2D eigenvalue weighted by atomic mass is 10.1. The Balaban J connectivity index is 3.01. The largest absolute Gasteiger partial charge is 0.495 e. The number of halogens is 1. The van der Waals surface area contributed by atoms with Gasteiger partial charge >= 0.3 is 0 Å². The van der Waals surface area contributed by atoms with Crippen molar-refractivity contribution in [3.8, 4) is 5.75 Å². The van der Waals surface area contributed by atoms with E-state index in [1.165, 1.54) is 0 Å². The second-order valence-electron chi connectivity index (χ2n) is 4.17. The van der Waals surface area contributed by atoms with Crippen molar-refractivity contribution in [1.29, 1.82) is 0 Å². The highest BCUT2D eigenvalue weighted by molar-refractivity contribution is 6.32. The first-order chi connectivity index (χ1) is 9.17. The summed E-state index contributed by atoms with van der Waals surface area (Å²) in [5, 5.41) is 4.00. The number of nitrogens with one attached hydrogen (secondary N) is 1. The molecule has 5 heteroatoms. The summed E-state index contributed by atoms with van der Waals surface area (Å²) in [6, 6.07) is 5.60. The molecule has 0 bridgehead atoms. The molecule has 108 valence electrons. The van der Waals surface area contributed by atoms with E-state index in [0.29, 0.717) is 10.8 Å². The Hall–Kier alpha value is -0.810. The molecule has 1 atom stereocenters. The highest BCUT2D eigenvalue weighted by Crippen LogP contribution is 2.29. The molecule has 0 aliphatic heterocycles. The standard InChI is InChI=1S/C14H22ClNO3/c1-5-8-16-13(14(18-3)19-4)10-6-7-11(15)12(9-10)17-2/h6-7,9,13-14,16H,5,8H2,1-4H3. The van der Waals surface area contributed by atoms with Crippen molar-refractivity contribution in [2.24, 2.45) is 0 Å². The fraction of sp³-hybridized carbons (Fsp3) is 0.571. The fourth-order valence-corrected chi connectivity index (χ4v) is 2.10. The quantitative estimate of drug-likeness (QED) is 0.746. The molecule has 4 nitrogen and oxygen atoms in total. The van der Waals surface area contributed by atoms with Gasteiger partial charge in [0.1, 0.15) is 5.75 Å². The van der Waals surface area contributed by atoms with E-state index in [2.05, 4.69) is 12.2 Å². The number of benzene rings is 1. The van der Waals surface area contributed by atoms with Gasteiger partial charge in [-0.2, -0.15) is 0 Å². The summed E-state index contributed by atoms with van der Waals surface area (Å²) in [5.41, 5.74) is 1.02. The van der Waals surface area contributed by atoms with Crippen LogP contribution >= 0.6 is 11.6 Å². The van der Waals surface area contributed by atoms with Gasteiger partial charge in [-0.05, 0) is 30.7 Å². The molecule has 0 radical (unpaired) electrons. The van der Waals surface area contributed by atoms with Gasteiger partial charge in [-0.15, -0.1) is 0 Å². The topological polar surface area (TPSA) is 39.7 Å². The van der Waals surface area contributed by atoms with E-state index in [1.54, 1.807) is 21.3 Å². The van der Waals surface area contributed by atoms with Crippen LogP contribution in [0.15, 0.2) is 18.2 Å². The highest BCUT2D eigenvalue weighted by Gasteiger charge is 2.23. The van der Waals surface area contributed by atoms with Gasteiger partial charge in [0.15, 0.2) is 6.29 Å². The van der Waals surface area contributed by atoms with E-state index >= 15 is 0 Å². The Bertz CT molecular complexity index is 383. The maximum Gasteiger partial charge on any atom is 0.176 e. The van der Waals surface area contributed by atoms with Gasteiger partial charge in [-0.25, -0.2) is 0 Å². The van der Waals surface area contributed by atoms with Gasteiger partial charge in [0, 0.05) is 14.2 Å². The molecular formula is C14H22ClNO3. The van der Waals surface area contributed by atoms with E-state index in [-0.39, 0.29) is 12.3 Å². The van der Waals surface area contributed by atoms with Crippen LogP contribution in [0.1, 0.15) is 24.9 Å². The van der Waals surface area contributed by atoms with Gasteiger partial charge in [0.25, 0.3) is 0 Å². The van der Waals surface area contributed by atoms with Crippen LogP contribution in [0.4, 0.5) is 0 Å². The first-order valence-electron chi connectivity index (χ1n) is 6.30. The van der Waals surface area contributed by atoms with Crippen LogP contribution in [0.3, 0.4) is 0 Å². The van der Waals surface area contributed by atoms with Gasteiger partial charge < -0.3 is 19.5 Å². The van der Waals surface area contributed by atoms with Crippen molar-refractivity contribution >= 4 is 11.6 Å². The summed E-state index contributed by atoms with van der Waals surface area (Å²) >= 11 is 6.04. The second kappa shape index (κ2) is 8.38. The summed E-state index contributed by atoms with van der Waals surface area (Å²) in [7, 11) is 4.85. The predicted octanol–water partition coefficient (Wildman–Crippen LogP) is 3.01. The molecule has 0 fully saturated rings. The van der Waals surface area contributed by atoms with Gasteiger partial charge in [0.05, 0.1) is 18.2 Å². The highest BCUT2D eigenvalue weighted by atomic mass is 35.5. The molecule has 1 unspecified atom stereocenters. The fourth-order valence-electron chi connectivity index (χ4n) is 1.91. The molecule has 0 aliphatic carbocycles. The minimum Gasteiger partial charge on any atom is -0.495 e. The SMILES string of the molecule is CCCNC(c1ccc(Cl)c(OC)c1)C(OC)OC. The van der Waals surface area contributed by atoms with Crippen LogP contribution in [0.25, 0.3) is 0 Å². The number of hydrogen-bond acceptors (Lipinski definition) is 4. The number of rotatable bonds is 8. The van der Waals surface area contributed by atoms with Crippen LogP contribution in [-0.2, 0) is 9.47 Å². The van der Waals surface area contributed by atoms with Crippen LogP contribution in [0, 0.1) is 0 Å². The first-order valence-corrected chi connectivity index (χ1v) is 6.68. The summed E-state index contributed by atoms with van der Waals surface area (Å²) in [6.45, 7) is 2.99. The molecule has 0 aromatic heterocycles. The maximum absolute atomic E-state index is 6.04. The molecular weight excluding hydrogens is 266 g/mol. The zero-order chi connectivity index (χ0) is 14.3. The van der Waals surface area contributed by atoms with Crippen LogP contribution in [0.2, 0.25) is 5.02 Å². The van der Waals surface area contributed by atoms with Crippen LogP contribution in [-0.4, -0.2) is 34.2 Å². The number of hydrogen-bond donors (Lipinski definition) is 1. The average Bonchev–Trinajstić information content (AvgIpc) is 2.44. The molecule has 1 aromatic carbocycles. The normalized spacial score (nSPS) is 12.7. The Kier molecular flexibility index (Phi) is 7.16. The monoisotopic (exact) mass is 287 g/mol. The third kappa shape index (κ3) is 4.35. The zero-order valence-corrected chi connectivity index (χ0v) is 12.7. The van der Waals surface area contributed by atoms with Gasteiger partial charge in [0.2, 0.25) is 0 Å². The van der Waals surface area contributed by atoms with E-state index in [9.17, 15) is 0 Å². The molecule has 1 aromatic rings. The first kappa shape index (κ1) is 16.2. The van der Waals surface area contributed by atoms with Gasteiger partial charge in [-0.3, -0.25) is 0 Å². The summed E-state index contributed by atoms with van der Waals surface area (Å²) in [4.78, 5) is 0. The van der Waals surface area contributed by atoms with E-state index in [4.69, 9.17) is 25.8 Å². The smallest absolute Gasteiger partial charge is 0.176 e. The summed E-state index contributed by atoms with van der Waals surface area (Å²) in [6.07, 6.45) is 0.666. The van der Waals surface area contributed by atoms with Crippen molar-refractivity contribution in [2.75, 3.05) is 27.9 Å². The predicted molar refractivity (Wildman–Crippen MR) is 76.8 cm³/mol. The van der Waals surface area contributed by atoms with Crippen molar-refractivity contribution in [2.45, 2.75) is 25.7 Å². The molecule has 0 aliphatic rings. The van der Waals surface area contributed by atoms with Crippen molar-refractivity contribution < 1.29 is 14.2 Å². The summed E-state index contributed by atoms with van der Waals surface area (Å²) < 4.78 is 16.0.